The summed E-state index contributed by atoms with van der Waals surface area (Å²) < 4.78 is 37.6. The minimum Gasteiger partial charge on any atom is -0.454 e. The van der Waals surface area contributed by atoms with E-state index in [1.165, 1.54) is 0 Å². The Morgan fingerprint density at radius 3 is 1.77 bits per heavy atom. The van der Waals surface area contributed by atoms with Crippen LogP contribution in [0, 0.1) is 10.8 Å². The first kappa shape index (κ1) is 33.3. The summed E-state index contributed by atoms with van der Waals surface area (Å²) in [6.07, 6.45) is 0.0136. The van der Waals surface area contributed by atoms with E-state index >= 15 is 0 Å². The Balaban J connectivity index is 1.21. The van der Waals surface area contributed by atoms with Gasteiger partial charge in [-0.3, -0.25) is 4.79 Å². The van der Waals surface area contributed by atoms with Gasteiger partial charge in [-0.15, -0.1) is 0 Å². The lowest BCUT2D eigenvalue weighted by molar-refractivity contribution is -0.217. The molecule has 6 atom stereocenters. The van der Waals surface area contributed by atoms with Crippen LogP contribution in [0.15, 0.2) is 91.0 Å². The molecule has 2 bridgehead atoms. The zero-order valence-electron chi connectivity index (χ0n) is 27.6. The first-order valence-electron chi connectivity index (χ1n) is 16.7. The van der Waals surface area contributed by atoms with Gasteiger partial charge in [0.05, 0.1) is 56.8 Å². The minimum absolute atomic E-state index is 0.199. The molecule has 6 rings (SSSR count). The molecule has 3 aromatic rings. The summed E-state index contributed by atoms with van der Waals surface area (Å²) in [5, 5.41) is 0. The molecule has 0 N–H and O–H groups in total. The zero-order valence-corrected chi connectivity index (χ0v) is 27.6. The van der Waals surface area contributed by atoms with Gasteiger partial charge in [0.1, 0.15) is 0 Å². The average Bonchev–Trinajstić information content (AvgIpc) is 3.39. The smallest absolute Gasteiger partial charge is 0.351 e. The standard InChI is InChI=1S/C39H46O8/c1-37(2)38(3)19-20-39(37,47-35(38)40)36(41)46-34-32(43-22-21-42-25-28-13-7-4-8-14-28)23-31(44-26-29-15-9-5-10-16-29)24-33(34)45-27-30-17-11-6-12-18-30/h4-18,31-34H,19-27H2,1-3H3/t31-,32+,33+,34-,38+,39-/m1/s1. The molecule has 0 radical (unpaired) electrons. The Hall–Kier alpha value is -3.56. The molecule has 3 fully saturated rings. The Kier molecular flexibility index (Phi) is 10.1. The van der Waals surface area contributed by atoms with Crippen LogP contribution >= 0.6 is 0 Å². The summed E-state index contributed by atoms with van der Waals surface area (Å²) in [6, 6.07) is 29.9. The normalized spacial score (nSPS) is 29.4. The number of hydrogen-bond acceptors (Lipinski definition) is 8. The number of hydrogen-bond donors (Lipinski definition) is 0. The van der Waals surface area contributed by atoms with E-state index in [-0.39, 0.29) is 12.1 Å². The number of fused-ring (bicyclic) bond motifs is 2. The molecule has 250 valence electrons. The van der Waals surface area contributed by atoms with Gasteiger partial charge in [-0.25, -0.2) is 4.79 Å². The van der Waals surface area contributed by atoms with Gasteiger partial charge in [0, 0.05) is 18.3 Å². The number of carbonyl (C=O) groups is 2. The summed E-state index contributed by atoms with van der Waals surface area (Å²) in [5.74, 6) is -0.878. The first-order valence-corrected chi connectivity index (χ1v) is 16.7. The molecular weight excluding hydrogens is 596 g/mol. The van der Waals surface area contributed by atoms with Crippen LogP contribution in [0.1, 0.15) is 63.1 Å². The molecule has 1 aliphatic heterocycles. The largest absolute Gasteiger partial charge is 0.454 e. The lowest BCUT2D eigenvalue weighted by atomic mass is 9.66. The summed E-state index contributed by atoms with van der Waals surface area (Å²) >= 11 is 0. The van der Waals surface area contributed by atoms with Crippen molar-refractivity contribution in [2.75, 3.05) is 13.2 Å². The number of ether oxygens (including phenoxy) is 6. The van der Waals surface area contributed by atoms with Crippen molar-refractivity contribution in [1.29, 1.82) is 0 Å². The Morgan fingerprint density at radius 1 is 0.702 bits per heavy atom. The van der Waals surface area contributed by atoms with Crippen LogP contribution in [0.25, 0.3) is 0 Å². The lowest BCUT2D eigenvalue weighted by Crippen LogP contribution is -2.56. The monoisotopic (exact) mass is 642 g/mol. The fourth-order valence-corrected chi connectivity index (χ4v) is 7.25. The lowest BCUT2D eigenvalue weighted by Gasteiger charge is -2.42. The molecule has 2 aliphatic carbocycles. The Morgan fingerprint density at radius 2 is 1.23 bits per heavy atom. The van der Waals surface area contributed by atoms with Crippen molar-refractivity contribution < 1.29 is 38.0 Å². The maximum Gasteiger partial charge on any atom is 0.351 e. The third-order valence-electron chi connectivity index (χ3n) is 10.7. The van der Waals surface area contributed by atoms with Crippen molar-refractivity contribution >= 4 is 11.9 Å². The molecule has 0 aromatic heterocycles. The Bertz CT molecular complexity index is 1480. The molecule has 2 saturated carbocycles. The molecule has 3 aromatic carbocycles. The quantitative estimate of drug-likeness (QED) is 0.144. The van der Waals surface area contributed by atoms with E-state index in [1.54, 1.807) is 0 Å². The van der Waals surface area contributed by atoms with Crippen molar-refractivity contribution in [1.82, 2.24) is 0 Å². The number of benzene rings is 3. The van der Waals surface area contributed by atoms with Gasteiger partial charge in [-0.1, -0.05) is 105 Å². The summed E-state index contributed by atoms with van der Waals surface area (Å²) in [6.45, 7) is 7.67. The van der Waals surface area contributed by atoms with Crippen LogP contribution < -0.4 is 0 Å². The minimum atomic E-state index is -1.35. The van der Waals surface area contributed by atoms with Crippen LogP contribution in [-0.2, 0) is 57.8 Å². The highest BCUT2D eigenvalue weighted by Crippen LogP contribution is 2.66. The molecule has 1 saturated heterocycles. The summed E-state index contributed by atoms with van der Waals surface area (Å²) in [5.41, 5.74) is 0.330. The van der Waals surface area contributed by atoms with Crippen molar-refractivity contribution in [3.63, 3.8) is 0 Å². The fraction of sp³-hybridized carbons (Fsp3) is 0.487. The number of rotatable bonds is 14. The van der Waals surface area contributed by atoms with Gasteiger partial charge in [0.15, 0.2) is 6.10 Å². The van der Waals surface area contributed by atoms with Gasteiger partial charge in [0.25, 0.3) is 0 Å². The molecule has 0 amide bonds. The third kappa shape index (κ3) is 6.88. The molecule has 47 heavy (non-hydrogen) atoms. The van der Waals surface area contributed by atoms with Crippen LogP contribution in [0.4, 0.5) is 0 Å². The van der Waals surface area contributed by atoms with Crippen LogP contribution in [-0.4, -0.2) is 55.2 Å². The Labute approximate surface area is 277 Å². The molecule has 3 aliphatic rings. The predicted octanol–water partition coefficient (Wildman–Crippen LogP) is 6.59. The topological polar surface area (TPSA) is 89.5 Å². The predicted molar refractivity (Wildman–Crippen MR) is 175 cm³/mol. The summed E-state index contributed by atoms with van der Waals surface area (Å²) in [7, 11) is 0. The van der Waals surface area contributed by atoms with Crippen LogP contribution in [0.5, 0.6) is 0 Å². The summed E-state index contributed by atoms with van der Waals surface area (Å²) in [4.78, 5) is 27.2. The van der Waals surface area contributed by atoms with Crippen molar-refractivity contribution in [3.8, 4) is 0 Å². The van der Waals surface area contributed by atoms with Crippen molar-refractivity contribution in [2.45, 2.75) is 96.3 Å². The SMILES string of the molecule is CC1(C)[C@@]2(C)CC[C@]1(C(=O)O[C@@H]1[C@@H](OCCOCc3ccccc3)C[C@@H](OCc3ccccc3)C[C@@H]1OCc1ccccc1)OC2=O. The van der Waals surface area contributed by atoms with Crippen molar-refractivity contribution in [2.24, 2.45) is 10.8 Å². The molecule has 0 spiro atoms. The van der Waals surface area contributed by atoms with E-state index in [1.807, 2.05) is 112 Å². The second-order valence-electron chi connectivity index (χ2n) is 13.7. The van der Waals surface area contributed by atoms with E-state index < -0.39 is 40.7 Å². The van der Waals surface area contributed by atoms with Gasteiger partial charge in [-0.05, 0) is 36.5 Å². The van der Waals surface area contributed by atoms with E-state index in [0.717, 1.165) is 16.7 Å². The van der Waals surface area contributed by atoms with Gasteiger partial charge < -0.3 is 28.4 Å². The zero-order chi connectivity index (χ0) is 32.9. The van der Waals surface area contributed by atoms with Crippen molar-refractivity contribution in [3.05, 3.63) is 108 Å². The molecule has 0 unspecified atom stereocenters. The number of carbonyl (C=O) groups excluding carboxylic acids is 2. The fourth-order valence-electron chi connectivity index (χ4n) is 7.25. The van der Waals surface area contributed by atoms with Crippen LogP contribution in [0.3, 0.4) is 0 Å². The van der Waals surface area contributed by atoms with Gasteiger partial charge in [0.2, 0.25) is 5.60 Å². The highest BCUT2D eigenvalue weighted by molar-refractivity contribution is 5.93. The van der Waals surface area contributed by atoms with E-state index in [4.69, 9.17) is 28.4 Å². The third-order valence-corrected chi connectivity index (χ3v) is 10.7. The van der Waals surface area contributed by atoms with E-state index in [9.17, 15) is 9.59 Å². The molecule has 8 heteroatoms. The van der Waals surface area contributed by atoms with Gasteiger partial charge in [-0.2, -0.15) is 0 Å². The van der Waals surface area contributed by atoms with E-state index in [2.05, 4.69) is 0 Å². The maximum atomic E-state index is 14.2. The van der Waals surface area contributed by atoms with Crippen LogP contribution in [0.2, 0.25) is 0 Å². The highest BCUT2D eigenvalue weighted by atomic mass is 16.6. The maximum absolute atomic E-state index is 14.2. The molecule has 8 nitrogen and oxygen atoms in total. The molecular formula is C39H46O8. The molecule has 1 heterocycles. The van der Waals surface area contributed by atoms with Gasteiger partial charge >= 0.3 is 11.9 Å². The van der Waals surface area contributed by atoms with E-state index in [0.29, 0.717) is 58.7 Å². The highest BCUT2D eigenvalue weighted by Gasteiger charge is 2.76. The average molecular weight is 643 g/mol. The second kappa shape index (κ2) is 14.3. The second-order valence-corrected chi connectivity index (χ2v) is 13.7. The first-order chi connectivity index (χ1) is 22.7. The number of esters is 2.